The molecule has 10 heteroatoms. The molecule has 1 N–H and O–H groups in total. The minimum absolute atomic E-state index is 0.00631. The highest BCUT2D eigenvalue weighted by atomic mass is 28.4. The van der Waals surface area contributed by atoms with Crippen LogP contribution in [0.4, 0.5) is 0 Å². The number of hydrogen-bond acceptors (Lipinski definition) is 6. The van der Waals surface area contributed by atoms with Crippen LogP contribution >= 0.6 is 0 Å². The number of aromatic nitrogens is 3. The number of nitrogens with zero attached hydrogens (tertiary/aromatic N) is 3. The molecule has 9 nitrogen and oxygen atoms in total. The Morgan fingerprint density at radius 1 is 0.963 bits per heavy atom. The second kappa shape index (κ2) is 9.26. The van der Waals surface area contributed by atoms with E-state index in [4.69, 9.17) is 8.85 Å². The van der Waals surface area contributed by atoms with Crippen molar-refractivity contribution in [3.63, 3.8) is 0 Å². The summed E-state index contributed by atoms with van der Waals surface area (Å²) in [6.07, 6.45) is 0. The first-order chi connectivity index (χ1) is 12.5. The summed E-state index contributed by atoms with van der Waals surface area (Å²) in [4.78, 5) is 48.4. The molecule has 1 aromatic rings. The summed E-state index contributed by atoms with van der Waals surface area (Å²) in [5.41, 5.74) is -0.903. The van der Waals surface area contributed by atoms with E-state index in [1.165, 1.54) is 14.2 Å². The first-order valence-corrected chi connectivity index (χ1v) is 10.5. The molecule has 0 aliphatic heterocycles. The molecule has 0 aliphatic carbocycles. The van der Waals surface area contributed by atoms with Gasteiger partial charge in [-0.05, 0) is 19.8 Å². The van der Waals surface area contributed by atoms with Gasteiger partial charge in [0.1, 0.15) is 0 Å². The zero-order valence-corrected chi connectivity index (χ0v) is 17.7. The molecular weight excluding hydrogens is 370 g/mol. The predicted octanol–water partition coefficient (Wildman–Crippen LogP) is 0.184. The minimum atomic E-state index is -3.36. The van der Waals surface area contributed by atoms with E-state index in [-0.39, 0.29) is 31.6 Å². The highest BCUT2D eigenvalue weighted by molar-refractivity contribution is 6.59. The van der Waals surface area contributed by atoms with Crippen molar-refractivity contribution in [3.05, 3.63) is 55.8 Å². The van der Waals surface area contributed by atoms with E-state index >= 15 is 0 Å². The summed E-state index contributed by atoms with van der Waals surface area (Å²) >= 11 is 0. The molecule has 0 bridgehead atoms. The third-order valence-electron chi connectivity index (χ3n) is 3.98. The summed E-state index contributed by atoms with van der Waals surface area (Å²) in [6, 6.07) is 0.159. The Morgan fingerprint density at radius 2 is 1.33 bits per heavy atom. The van der Waals surface area contributed by atoms with Gasteiger partial charge in [0.05, 0.1) is 13.1 Å². The zero-order chi connectivity index (χ0) is 20.9. The normalized spacial score (nSPS) is 12.8. The molecule has 27 heavy (non-hydrogen) atoms. The van der Waals surface area contributed by atoms with Crippen LogP contribution in [-0.2, 0) is 28.5 Å². The van der Waals surface area contributed by atoms with Crippen molar-refractivity contribution in [2.75, 3.05) is 14.2 Å². The summed E-state index contributed by atoms with van der Waals surface area (Å²) in [6.45, 7) is 12.6. The molecule has 0 saturated carbocycles. The second-order valence-corrected chi connectivity index (χ2v) is 9.63. The van der Waals surface area contributed by atoms with Crippen molar-refractivity contribution in [2.24, 2.45) is 5.92 Å². The average molecular weight is 400 g/mol. The van der Waals surface area contributed by atoms with Crippen molar-refractivity contribution in [3.8, 4) is 0 Å². The molecule has 0 spiro atoms. The number of rotatable bonds is 10. The largest absolute Gasteiger partial charge is 0.498 e. The van der Waals surface area contributed by atoms with Crippen LogP contribution in [0.25, 0.3) is 0 Å². The third-order valence-corrected chi connectivity index (χ3v) is 6.47. The van der Waals surface area contributed by atoms with Gasteiger partial charge in [-0.1, -0.05) is 31.2 Å². The summed E-state index contributed by atoms with van der Waals surface area (Å²) in [5, 5.41) is 0. The van der Waals surface area contributed by atoms with E-state index in [2.05, 4.69) is 13.2 Å². The Bertz CT molecular complexity index is 824. The van der Waals surface area contributed by atoms with Gasteiger partial charge >= 0.3 is 25.9 Å². The van der Waals surface area contributed by atoms with Crippen LogP contribution in [-0.4, -0.2) is 41.5 Å². The maximum atomic E-state index is 12.8. The molecule has 0 radical (unpaired) electrons. The second-order valence-electron chi connectivity index (χ2n) is 6.98. The van der Waals surface area contributed by atoms with Crippen LogP contribution in [0.2, 0.25) is 6.04 Å². The van der Waals surface area contributed by atoms with Crippen molar-refractivity contribution < 1.29 is 13.6 Å². The Labute approximate surface area is 159 Å². The Balaban J connectivity index is 3.47. The van der Waals surface area contributed by atoms with Crippen LogP contribution in [0.1, 0.15) is 20.8 Å². The average Bonchev–Trinajstić information content (AvgIpc) is 2.59. The quantitative estimate of drug-likeness (QED) is 0.445. The van der Waals surface area contributed by atoms with E-state index < -0.39 is 25.9 Å². The van der Waals surface area contributed by atoms with Crippen molar-refractivity contribution in [1.82, 2.24) is 13.7 Å². The molecule has 0 aromatic carbocycles. The van der Waals surface area contributed by atoms with E-state index in [1.807, 2.05) is 0 Å². The van der Waals surface area contributed by atoms with Gasteiger partial charge in [0.15, 0.2) is 0 Å². The van der Waals surface area contributed by atoms with Crippen molar-refractivity contribution in [1.29, 1.82) is 0 Å². The lowest BCUT2D eigenvalue weighted by Crippen LogP contribution is -2.55. The maximum absolute atomic E-state index is 12.8. The molecule has 1 aromatic heterocycles. The Kier molecular flexibility index (Phi) is 7.90. The number of hydrogen-bond donors (Lipinski definition) is 1. The SMILES string of the molecule is C=C(C)Cn1c(=O)n(CC(=C)C)c(=O)n(CC(C)C[Si](O)(OC)OC)c1=O. The van der Waals surface area contributed by atoms with E-state index in [1.54, 1.807) is 20.8 Å². The Morgan fingerprint density at radius 3 is 1.67 bits per heavy atom. The molecule has 152 valence electrons. The van der Waals surface area contributed by atoms with Gasteiger partial charge in [0, 0.05) is 26.8 Å². The first kappa shape index (κ1) is 23.0. The third kappa shape index (κ3) is 5.73. The molecular formula is C17H29N3O6Si. The molecule has 1 rings (SSSR count). The highest BCUT2D eigenvalue weighted by Gasteiger charge is 2.36. The van der Waals surface area contributed by atoms with E-state index in [0.717, 1.165) is 13.7 Å². The predicted molar refractivity (Wildman–Crippen MR) is 105 cm³/mol. The van der Waals surface area contributed by atoms with Crippen LogP contribution in [0.15, 0.2) is 38.7 Å². The van der Waals surface area contributed by atoms with Gasteiger partial charge in [0.2, 0.25) is 0 Å². The monoisotopic (exact) mass is 399 g/mol. The number of allylic oxidation sites excluding steroid dienone is 2. The molecule has 1 heterocycles. The van der Waals surface area contributed by atoms with Crippen LogP contribution in [0.5, 0.6) is 0 Å². The van der Waals surface area contributed by atoms with Crippen LogP contribution in [0, 0.1) is 5.92 Å². The molecule has 0 fully saturated rings. The van der Waals surface area contributed by atoms with E-state index in [9.17, 15) is 19.2 Å². The van der Waals surface area contributed by atoms with Gasteiger partial charge in [-0.25, -0.2) is 28.1 Å². The highest BCUT2D eigenvalue weighted by Crippen LogP contribution is 2.16. The minimum Gasteiger partial charge on any atom is -0.390 e. The smallest absolute Gasteiger partial charge is 0.390 e. The summed E-state index contributed by atoms with van der Waals surface area (Å²) in [5.74, 6) is -0.305. The van der Waals surface area contributed by atoms with Crippen molar-refractivity contribution in [2.45, 2.75) is 46.4 Å². The fourth-order valence-electron chi connectivity index (χ4n) is 2.72. The van der Waals surface area contributed by atoms with Crippen LogP contribution < -0.4 is 17.1 Å². The van der Waals surface area contributed by atoms with Gasteiger partial charge < -0.3 is 13.6 Å². The maximum Gasteiger partial charge on any atom is 0.498 e. The fraction of sp³-hybridized carbons (Fsp3) is 0.588. The summed E-state index contributed by atoms with van der Waals surface area (Å²) in [7, 11) is -0.663. The zero-order valence-electron chi connectivity index (χ0n) is 16.7. The molecule has 1 atom stereocenters. The fourth-order valence-corrected chi connectivity index (χ4v) is 4.23. The molecule has 1 unspecified atom stereocenters. The molecule has 0 saturated heterocycles. The molecule has 0 aliphatic rings. The van der Waals surface area contributed by atoms with Gasteiger partial charge in [0.25, 0.3) is 0 Å². The summed E-state index contributed by atoms with van der Waals surface area (Å²) < 4.78 is 13.1. The van der Waals surface area contributed by atoms with Gasteiger partial charge in [-0.2, -0.15) is 0 Å². The Hall–Kier alpha value is -2.01. The lowest BCUT2D eigenvalue weighted by atomic mass is 10.2. The standard InChI is InChI=1S/C17H29N3O6Si/c1-12(2)8-18-15(21)19(9-13(3)4)17(23)20(16(18)22)10-14(5)11-27(24,25-6)26-7/h14,24H,1,3,8-11H2,2,4-7H3. The lowest BCUT2D eigenvalue weighted by Gasteiger charge is -2.24. The van der Waals surface area contributed by atoms with E-state index in [0.29, 0.717) is 11.1 Å². The molecule has 0 amide bonds. The van der Waals surface area contributed by atoms with Gasteiger partial charge in [-0.3, -0.25) is 0 Å². The first-order valence-electron chi connectivity index (χ1n) is 8.51. The van der Waals surface area contributed by atoms with Crippen molar-refractivity contribution >= 4 is 8.80 Å². The van der Waals surface area contributed by atoms with Crippen LogP contribution in [0.3, 0.4) is 0 Å². The topological polar surface area (TPSA) is 105 Å². The van der Waals surface area contributed by atoms with Gasteiger partial charge in [-0.15, -0.1) is 0 Å². The lowest BCUT2D eigenvalue weighted by molar-refractivity contribution is 0.144.